The number of hydrogen-bond acceptors (Lipinski definition) is 4. The second-order valence-electron chi connectivity index (χ2n) is 6.17. The number of carbonyl (C=O) groups is 1. The van der Waals surface area contributed by atoms with Gasteiger partial charge in [-0.1, -0.05) is 18.2 Å². The molecular weight excluding hydrogens is 320 g/mol. The molecule has 1 amide bonds. The molecule has 1 aromatic carbocycles. The zero-order valence-corrected chi connectivity index (χ0v) is 14.3. The van der Waals surface area contributed by atoms with Gasteiger partial charge in [-0.3, -0.25) is 14.8 Å². The van der Waals surface area contributed by atoms with Crippen LogP contribution >= 0.6 is 11.3 Å². The molecule has 124 valence electrons. The van der Waals surface area contributed by atoms with Gasteiger partial charge in [0, 0.05) is 38.1 Å². The lowest BCUT2D eigenvalue weighted by atomic mass is 10.2. The molecule has 0 atom stereocenters. The quantitative estimate of drug-likeness (QED) is 0.797. The first kappa shape index (κ1) is 15.4. The molecule has 1 fully saturated rings. The SMILES string of the molecule is O=C(c1n[nH]c2ccccc12)N1CCCN(Cc2ccsc2)CC1. The van der Waals surface area contributed by atoms with E-state index in [1.54, 1.807) is 11.3 Å². The van der Waals surface area contributed by atoms with Gasteiger partial charge in [0.1, 0.15) is 0 Å². The molecule has 1 saturated heterocycles. The number of benzene rings is 1. The fourth-order valence-corrected chi connectivity index (χ4v) is 3.91. The number of thiophene rings is 1. The van der Waals surface area contributed by atoms with Crippen molar-refractivity contribution in [3.8, 4) is 0 Å². The van der Waals surface area contributed by atoms with Crippen LogP contribution in [0.25, 0.3) is 10.9 Å². The minimum absolute atomic E-state index is 0.0323. The number of H-pyrrole nitrogens is 1. The number of hydrogen-bond donors (Lipinski definition) is 1. The van der Waals surface area contributed by atoms with Crippen molar-refractivity contribution in [2.45, 2.75) is 13.0 Å². The Balaban J connectivity index is 1.46. The van der Waals surface area contributed by atoms with E-state index in [0.717, 1.165) is 50.0 Å². The van der Waals surface area contributed by atoms with Gasteiger partial charge in [-0.15, -0.1) is 0 Å². The first-order valence-electron chi connectivity index (χ1n) is 8.27. The zero-order valence-electron chi connectivity index (χ0n) is 13.4. The van der Waals surface area contributed by atoms with Crippen molar-refractivity contribution in [1.82, 2.24) is 20.0 Å². The number of rotatable bonds is 3. The number of para-hydroxylation sites is 1. The molecule has 3 aromatic rings. The van der Waals surface area contributed by atoms with E-state index in [0.29, 0.717) is 5.69 Å². The number of amides is 1. The van der Waals surface area contributed by atoms with Gasteiger partial charge in [0.05, 0.1) is 5.52 Å². The van der Waals surface area contributed by atoms with Crippen LogP contribution in [0.4, 0.5) is 0 Å². The number of nitrogens with one attached hydrogen (secondary N) is 1. The van der Waals surface area contributed by atoms with E-state index in [1.165, 1.54) is 5.56 Å². The summed E-state index contributed by atoms with van der Waals surface area (Å²) in [6.45, 7) is 4.45. The normalized spacial score (nSPS) is 16.4. The van der Waals surface area contributed by atoms with Gasteiger partial charge in [-0.2, -0.15) is 16.4 Å². The number of aromatic amines is 1. The molecule has 0 unspecified atom stereocenters. The van der Waals surface area contributed by atoms with Crippen LogP contribution in [0.5, 0.6) is 0 Å². The fourth-order valence-electron chi connectivity index (χ4n) is 3.25. The summed E-state index contributed by atoms with van der Waals surface area (Å²) in [7, 11) is 0. The highest BCUT2D eigenvalue weighted by Crippen LogP contribution is 2.18. The fraction of sp³-hybridized carbons (Fsp3) is 0.333. The van der Waals surface area contributed by atoms with Gasteiger partial charge in [-0.25, -0.2) is 0 Å². The van der Waals surface area contributed by atoms with E-state index < -0.39 is 0 Å². The molecule has 1 aliphatic heterocycles. The monoisotopic (exact) mass is 340 g/mol. The highest BCUT2D eigenvalue weighted by molar-refractivity contribution is 7.07. The molecule has 0 radical (unpaired) electrons. The molecule has 4 rings (SSSR count). The third-order valence-corrected chi connectivity index (χ3v) is 5.27. The lowest BCUT2D eigenvalue weighted by Crippen LogP contribution is -2.35. The topological polar surface area (TPSA) is 52.2 Å². The van der Waals surface area contributed by atoms with Gasteiger partial charge in [-0.05, 0) is 34.9 Å². The molecule has 5 nitrogen and oxygen atoms in total. The standard InChI is InChI=1S/C18H20N4OS/c23-18(17-15-4-1-2-5-16(15)19-20-17)22-8-3-7-21(9-10-22)12-14-6-11-24-13-14/h1-2,4-6,11,13H,3,7-10,12H2,(H,19,20). The molecule has 3 heterocycles. The molecule has 24 heavy (non-hydrogen) atoms. The van der Waals surface area contributed by atoms with Gasteiger partial charge >= 0.3 is 0 Å². The summed E-state index contributed by atoms with van der Waals surface area (Å²) in [6, 6.07) is 9.97. The Bertz CT molecular complexity index is 827. The van der Waals surface area contributed by atoms with E-state index in [2.05, 4.69) is 31.9 Å². The Morgan fingerprint density at radius 2 is 2.08 bits per heavy atom. The van der Waals surface area contributed by atoms with E-state index in [1.807, 2.05) is 29.2 Å². The van der Waals surface area contributed by atoms with Crippen molar-refractivity contribution < 1.29 is 4.79 Å². The summed E-state index contributed by atoms with van der Waals surface area (Å²) in [4.78, 5) is 17.2. The summed E-state index contributed by atoms with van der Waals surface area (Å²) in [5.41, 5.74) is 2.81. The van der Waals surface area contributed by atoms with Crippen LogP contribution in [-0.4, -0.2) is 52.1 Å². The van der Waals surface area contributed by atoms with E-state index >= 15 is 0 Å². The Morgan fingerprint density at radius 3 is 2.96 bits per heavy atom. The molecular formula is C18H20N4OS. The first-order valence-corrected chi connectivity index (χ1v) is 9.21. The molecule has 0 spiro atoms. The van der Waals surface area contributed by atoms with E-state index in [-0.39, 0.29) is 5.91 Å². The number of carbonyl (C=O) groups excluding carboxylic acids is 1. The van der Waals surface area contributed by atoms with E-state index in [4.69, 9.17) is 0 Å². The lowest BCUT2D eigenvalue weighted by molar-refractivity contribution is 0.0757. The molecule has 0 bridgehead atoms. The minimum atomic E-state index is 0.0323. The average molecular weight is 340 g/mol. The van der Waals surface area contributed by atoms with Crippen molar-refractivity contribution in [3.63, 3.8) is 0 Å². The second kappa shape index (κ2) is 6.75. The molecule has 0 saturated carbocycles. The predicted octanol–water partition coefficient (Wildman–Crippen LogP) is 2.97. The Kier molecular flexibility index (Phi) is 4.32. The number of fused-ring (bicyclic) bond motifs is 1. The number of nitrogens with zero attached hydrogens (tertiary/aromatic N) is 3. The average Bonchev–Trinajstić information content (AvgIpc) is 3.20. The van der Waals surface area contributed by atoms with Crippen LogP contribution < -0.4 is 0 Å². The maximum atomic E-state index is 12.9. The van der Waals surface area contributed by atoms with Crippen LogP contribution in [0, 0.1) is 0 Å². The van der Waals surface area contributed by atoms with Crippen LogP contribution in [0.2, 0.25) is 0 Å². The Morgan fingerprint density at radius 1 is 1.17 bits per heavy atom. The maximum absolute atomic E-state index is 12.9. The van der Waals surface area contributed by atoms with Gasteiger partial charge < -0.3 is 4.90 Å². The highest BCUT2D eigenvalue weighted by Gasteiger charge is 2.23. The smallest absolute Gasteiger partial charge is 0.275 e. The van der Waals surface area contributed by atoms with Crippen molar-refractivity contribution in [3.05, 3.63) is 52.3 Å². The van der Waals surface area contributed by atoms with Crippen molar-refractivity contribution in [1.29, 1.82) is 0 Å². The van der Waals surface area contributed by atoms with Crippen LogP contribution in [-0.2, 0) is 6.54 Å². The lowest BCUT2D eigenvalue weighted by Gasteiger charge is -2.21. The molecule has 0 aliphatic carbocycles. The third-order valence-electron chi connectivity index (χ3n) is 4.53. The van der Waals surface area contributed by atoms with Crippen LogP contribution in [0.15, 0.2) is 41.1 Å². The largest absolute Gasteiger partial charge is 0.336 e. The van der Waals surface area contributed by atoms with Crippen LogP contribution in [0.1, 0.15) is 22.5 Å². The summed E-state index contributed by atoms with van der Waals surface area (Å²) < 4.78 is 0. The molecule has 2 aromatic heterocycles. The molecule has 1 aliphatic rings. The van der Waals surface area contributed by atoms with Gasteiger partial charge in [0.25, 0.3) is 5.91 Å². The predicted molar refractivity (Wildman–Crippen MR) is 96.2 cm³/mol. The van der Waals surface area contributed by atoms with Crippen LogP contribution in [0.3, 0.4) is 0 Å². The summed E-state index contributed by atoms with van der Waals surface area (Å²) in [5.74, 6) is 0.0323. The number of aromatic nitrogens is 2. The van der Waals surface area contributed by atoms with Crippen molar-refractivity contribution in [2.75, 3.05) is 26.2 Å². The second-order valence-corrected chi connectivity index (χ2v) is 6.95. The third kappa shape index (κ3) is 3.07. The minimum Gasteiger partial charge on any atom is -0.336 e. The summed E-state index contributed by atoms with van der Waals surface area (Å²) >= 11 is 1.74. The molecule has 1 N–H and O–H groups in total. The summed E-state index contributed by atoms with van der Waals surface area (Å²) in [5, 5.41) is 12.4. The summed E-state index contributed by atoms with van der Waals surface area (Å²) in [6.07, 6.45) is 0.998. The Hall–Kier alpha value is -2.18. The van der Waals surface area contributed by atoms with Gasteiger partial charge in [0.15, 0.2) is 5.69 Å². The van der Waals surface area contributed by atoms with Gasteiger partial charge in [0.2, 0.25) is 0 Å². The zero-order chi connectivity index (χ0) is 16.4. The van der Waals surface area contributed by atoms with E-state index in [9.17, 15) is 4.79 Å². The highest BCUT2D eigenvalue weighted by atomic mass is 32.1. The van der Waals surface area contributed by atoms with Crippen molar-refractivity contribution in [2.24, 2.45) is 0 Å². The first-order chi connectivity index (χ1) is 11.8. The van der Waals surface area contributed by atoms with Crippen molar-refractivity contribution >= 4 is 28.1 Å². The maximum Gasteiger partial charge on any atom is 0.275 e. The Labute approximate surface area is 144 Å². The molecule has 6 heteroatoms.